The third-order valence-corrected chi connectivity index (χ3v) is 0.485. The molecule has 0 saturated carbocycles. The standard InChI is InChI=1S/C2H5B4N/c1-2-7-6-5-4-3/h2H2,1H3. The van der Waals surface area contributed by atoms with E-state index in [4.69, 9.17) is 7.74 Å². The minimum atomic E-state index is 0.824. The maximum atomic E-state index is 5.00. The molecule has 0 saturated heterocycles. The van der Waals surface area contributed by atoms with Gasteiger partial charge < -0.3 is 0 Å². The molecule has 0 aliphatic rings. The third kappa shape index (κ3) is 6.06. The summed E-state index contributed by atoms with van der Waals surface area (Å²) in [5.41, 5.74) is 0. The van der Waals surface area contributed by atoms with Crippen molar-refractivity contribution in [1.82, 2.24) is 0 Å². The maximum absolute atomic E-state index is 5.00. The number of hydrogen-bond donors (Lipinski definition) is 0. The summed E-state index contributed by atoms with van der Waals surface area (Å²) >= 11 is 0. The number of hydrogen-bond acceptors (Lipinski definition) is 1. The van der Waals surface area contributed by atoms with Crippen LogP contribution in [0.3, 0.4) is 0 Å². The molecule has 0 aromatic rings. The second-order valence-corrected chi connectivity index (χ2v) is 1.03. The van der Waals surface area contributed by atoms with E-state index in [1.807, 2.05) is 6.92 Å². The van der Waals surface area contributed by atoms with Gasteiger partial charge >= 0.3 is 46.4 Å². The van der Waals surface area contributed by atoms with Crippen molar-refractivity contribution in [3.63, 3.8) is 0 Å². The van der Waals surface area contributed by atoms with Gasteiger partial charge in [0.05, 0.1) is 0 Å². The normalized spacial score (nSPS) is 8.14. The van der Waals surface area contributed by atoms with Crippen LogP contribution < -0.4 is 0 Å². The summed E-state index contributed by atoms with van der Waals surface area (Å²) in [5, 5.41) is 0. The Bertz CT molecular complexity index is 77.8. The number of rotatable bonds is 2. The van der Waals surface area contributed by atoms with Crippen LogP contribution in [0.4, 0.5) is 0 Å². The van der Waals surface area contributed by atoms with E-state index in [0.29, 0.717) is 0 Å². The molecule has 0 aromatic carbocycles. The van der Waals surface area contributed by atoms with Crippen molar-refractivity contribution >= 4 is 28.1 Å². The van der Waals surface area contributed by atoms with Crippen molar-refractivity contribution in [3.8, 4) is 0 Å². The second-order valence-electron chi connectivity index (χ2n) is 1.03. The molecule has 0 aliphatic carbocycles. The molecule has 5 heteroatoms. The molecule has 0 amide bonds. The molecule has 7 heavy (non-hydrogen) atoms. The van der Waals surface area contributed by atoms with E-state index in [-0.39, 0.29) is 0 Å². The molecule has 0 atom stereocenters. The van der Waals surface area contributed by atoms with Crippen LogP contribution in [0, 0.1) is 0 Å². The molecule has 0 heterocycles. The van der Waals surface area contributed by atoms with E-state index in [9.17, 15) is 0 Å². The predicted molar refractivity (Wildman–Crippen MR) is 36.0 cm³/mol. The molecule has 0 rings (SSSR count). The molecule has 0 bridgehead atoms. The van der Waals surface area contributed by atoms with Crippen molar-refractivity contribution in [2.24, 2.45) is 4.90 Å². The molecule has 0 aliphatic heterocycles. The van der Waals surface area contributed by atoms with Crippen LogP contribution in [0.1, 0.15) is 6.92 Å². The Hall–Kier alpha value is 0.0597. The number of nitrogens with zero attached hydrogens (tertiary/aromatic N) is 1. The van der Waals surface area contributed by atoms with E-state index >= 15 is 0 Å². The molecule has 30 valence electrons. The zero-order valence-corrected chi connectivity index (χ0v) is 4.46. The Morgan fingerprint density at radius 1 is 1.71 bits per heavy atom. The summed E-state index contributed by atoms with van der Waals surface area (Å²) in [6.07, 6.45) is 0. The van der Waals surface area contributed by atoms with Crippen molar-refractivity contribution in [3.05, 3.63) is 0 Å². The van der Waals surface area contributed by atoms with E-state index < -0.39 is 0 Å². The Kier molecular flexibility index (Phi) is 6.11. The van der Waals surface area contributed by atoms with Crippen LogP contribution in [0.15, 0.2) is 4.90 Å². The van der Waals surface area contributed by atoms with E-state index in [2.05, 4.69) is 4.90 Å². The summed E-state index contributed by atoms with van der Waals surface area (Å²) in [4.78, 5) is 3.87. The minimum absolute atomic E-state index is 0.824. The van der Waals surface area contributed by atoms with Gasteiger partial charge in [0.1, 0.15) is 0 Å². The summed E-state index contributed by atoms with van der Waals surface area (Å²) in [6.45, 7) is 7.63. The molecular weight excluding hydrogens is 81.3 g/mol. The fraction of sp³-hybridized carbons (Fsp3) is 1.00. The first-order valence-corrected chi connectivity index (χ1v) is 2.28. The molecular formula is C2H5B4N. The summed E-state index contributed by atoms with van der Waals surface area (Å²) in [6, 6.07) is 0. The van der Waals surface area contributed by atoms with Crippen molar-refractivity contribution in [1.29, 1.82) is 0 Å². The van der Waals surface area contributed by atoms with Crippen molar-refractivity contribution in [2.45, 2.75) is 6.92 Å². The summed E-state index contributed by atoms with van der Waals surface area (Å²) in [5.74, 6) is 0. The van der Waals surface area contributed by atoms with Crippen molar-refractivity contribution < 1.29 is 0 Å². The summed E-state index contributed by atoms with van der Waals surface area (Å²) < 4.78 is 0. The fourth-order valence-electron chi connectivity index (χ4n) is 0.216. The quantitative estimate of drug-likeness (QED) is 0.391. The monoisotopic (exact) mass is 87.1 g/mol. The second kappa shape index (κ2) is 6.06. The average Bonchev–Trinajstić information content (AvgIpc) is 1.69. The van der Waals surface area contributed by atoms with Crippen LogP contribution in [-0.2, 0) is 0 Å². The van der Waals surface area contributed by atoms with Gasteiger partial charge in [0, 0.05) is 0 Å². The predicted octanol–water partition coefficient (Wildman–Crippen LogP) is -0.784. The average molecular weight is 86.3 g/mol. The van der Waals surface area contributed by atoms with Gasteiger partial charge in [-0.1, -0.05) is 0 Å². The van der Waals surface area contributed by atoms with Gasteiger partial charge in [-0.25, -0.2) is 0 Å². The fourth-order valence-corrected chi connectivity index (χ4v) is 0.216. The van der Waals surface area contributed by atoms with Gasteiger partial charge in [0.2, 0.25) is 0 Å². The Morgan fingerprint density at radius 3 is 2.86 bits per heavy atom. The van der Waals surface area contributed by atoms with Gasteiger partial charge in [-0.05, 0) is 0 Å². The van der Waals surface area contributed by atoms with Gasteiger partial charge in [0.25, 0.3) is 0 Å². The molecule has 0 unspecified atom stereocenters. The van der Waals surface area contributed by atoms with Crippen LogP contribution in [0.2, 0.25) is 0 Å². The SMILES string of the molecule is [B]B=BB=NCC. The molecule has 0 aromatic heterocycles. The van der Waals surface area contributed by atoms with Crippen LogP contribution >= 0.6 is 0 Å². The topological polar surface area (TPSA) is 12.4 Å². The first kappa shape index (κ1) is 7.06. The van der Waals surface area contributed by atoms with E-state index in [0.717, 1.165) is 6.54 Å². The first-order valence-electron chi connectivity index (χ1n) is 2.28. The molecule has 0 spiro atoms. The first-order chi connectivity index (χ1) is 3.41. The molecule has 2 radical (unpaired) electrons. The van der Waals surface area contributed by atoms with Gasteiger partial charge in [0.15, 0.2) is 0 Å². The third-order valence-electron chi connectivity index (χ3n) is 0.485. The Morgan fingerprint density at radius 2 is 2.43 bits per heavy atom. The zero-order chi connectivity index (χ0) is 5.54. The van der Waals surface area contributed by atoms with E-state index in [1.165, 1.54) is 6.69 Å². The van der Waals surface area contributed by atoms with Gasteiger partial charge in [-0.3, -0.25) is 0 Å². The molecule has 1 nitrogen and oxygen atoms in total. The summed E-state index contributed by atoms with van der Waals surface area (Å²) in [7, 11) is 5.00. The van der Waals surface area contributed by atoms with Gasteiger partial charge in [-0.2, -0.15) is 0 Å². The Balaban J connectivity index is 3.09. The van der Waals surface area contributed by atoms with Crippen LogP contribution in [0.25, 0.3) is 0 Å². The molecule has 0 fully saturated rings. The van der Waals surface area contributed by atoms with Crippen LogP contribution in [0.5, 0.6) is 0 Å². The van der Waals surface area contributed by atoms with Crippen LogP contribution in [-0.4, -0.2) is 34.6 Å². The molecule has 0 N–H and O–H groups in total. The zero-order valence-electron chi connectivity index (χ0n) is 4.46. The van der Waals surface area contributed by atoms with Crippen molar-refractivity contribution in [2.75, 3.05) is 6.54 Å². The van der Waals surface area contributed by atoms with E-state index in [1.54, 1.807) is 13.7 Å². The Labute approximate surface area is 47.3 Å². The van der Waals surface area contributed by atoms with Gasteiger partial charge in [-0.15, -0.1) is 0 Å².